The quantitative estimate of drug-likeness (QED) is 0.370. The highest BCUT2D eigenvalue weighted by molar-refractivity contribution is 8.18. The maximum atomic E-state index is 12.9. The topological polar surface area (TPSA) is 95.9 Å². The third-order valence-corrected chi connectivity index (χ3v) is 6.74. The normalized spacial score (nSPS) is 14.5. The number of hydrogen-bond acceptors (Lipinski definition) is 6. The minimum Gasteiger partial charge on any atom is -0.507 e. The molecule has 0 spiro atoms. The van der Waals surface area contributed by atoms with E-state index in [0.717, 1.165) is 16.7 Å². The predicted octanol–water partition coefficient (Wildman–Crippen LogP) is 6.20. The Morgan fingerprint density at radius 1 is 1.09 bits per heavy atom. The van der Waals surface area contributed by atoms with Crippen LogP contribution in [0.4, 0.5) is 10.5 Å². The highest BCUT2D eigenvalue weighted by Gasteiger charge is 2.35. The zero-order valence-corrected chi connectivity index (χ0v) is 20.6. The van der Waals surface area contributed by atoms with Gasteiger partial charge in [0.05, 0.1) is 34.2 Å². The van der Waals surface area contributed by atoms with Gasteiger partial charge in [-0.15, -0.1) is 0 Å². The number of imide groups is 1. The molecule has 1 heterocycles. The molecule has 0 saturated carbocycles. The van der Waals surface area contributed by atoms with Crippen molar-refractivity contribution in [2.45, 2.75) is 6.54 Å². The van der Waals surface area contributed by atoms with E-state index in [-0.39, 0.29) is 22.8 Å². The monoisotopic (exact) mass is 528 g/mol. The lowest BCUT2D eigenvalue weighted by Gasteiger charge is -2.13. The molecule has 3 aromatic rings. The van der Waals surface area contributed by atoms with Crippen molar-refractivity contribution in [1.29, 1.82) is 0 Å². The summed E-state index contributed by atoms with van der Waals surface area (Å²) in [6, 6.07) is 16.0. The molecule has 0 atom stereocenters. The number of nitrogens with one attached hydrogen (secondary N) is 1. The molecule has 0 radical (unpaired) electrons. The Morgan fingerprint density at radius 2 is 1.89 bits per heavy atom. The van der Waals surface area contributed by atoms with E-state index in [1.807, 2.05) is 0 Å². The van der Waals surface area contributed by atoms with Crippen LogP contribution in [0, 0.1) is 0 Å². The maximum absolute atomic E-state index is 12.9. The van der Waals surface area contributed by atoms with Crippen molar-refractivity contribution in [3.05, 3.63) is 92.3 Å². The Balaban J connectivity index is 1.53. The van der Waals surface area contributed by atoms with Gasteiger partial charge in [-0.1, -0.05) is 41.4 Å². The highest BCUT2D eigenvalue weighted by atomic mass is 35.5. The average molecular weight is 529 g/mol. The molecule has 1 fully saturated rings. The molecule has 35 heavy (non-hydrogen) atoms. The molecular formula is C25H18Cl2N2O5S. The Kier molecular flexibility index (Phi) is 7.35. The number of aromatic hydroxyl groups is 1. The minimum absolute atomic E-state index is 0.0107. The third kappa shape index (κ3) is 5.62. The number of ether oxygens (including phenoxy) is 1. The molecule has 3 amide bonds. The van der Waals surface area contributed by atoms with Crippen molar-refractivity contribution in [3.63, 3.8) is 0 Å². The fraction of sp³-hybridized carbons (Fsp3) is 0.0800. The van der Waals surface area contributed by atoms with Gasteiger partial charge in [0.25, 0.3) is 17.1 Å². The zero-order valence-electron chi connectivity index (χ0n) is 18.2. The molecule has 4 rings (SSSR count). The van der Waals surface area contributed by atoms with Crippen molar-refractivity contribution >= 4 is 63.8 Å². The first-order valence-corrected chi connectivity index (χ1v) is 11.8. The summed E-state index contributed by atoms with van der Waals surface area (Å²) < 4.78 is 5.15. The molecule has 10 heteroatoms. The maximum Gasteiger partial charge on any atom is 0.293 e. The molecule has 0 aliphatic carbocycles. The van der Waals surface area contributed by atoms with Crippen LogP contribution in [0.1, 0.15) is 21.5 Å². The Labute approximate surface area is 215 Å². The second-order valence-corrected chi connectivity index (χ2v) is 9.29. The largest absolute Gasteiger partial charge is 0.507 e. The number of phenolic OH excluding ortho intramolecular Hbond substituents is 1. The molecular weight excluding hydrogens is 511 g/mol. The Hall–Kier alpha value is -3.46. The van der Waals surface area contributed by atoms with Gasteiger partial charge in [-0.2, -0.15) is 0 Å². The lowest BCUT2D eigenvalue weighted by molar-refractivity contribution is -0.123. The van der Waals surface area contributed by atoms with Crippen LogP contribution >= 0.6 is 35.0 Å². The van der Waals surface area contributed by atoms with E-state index < -0.39 is 17.1 Å². The molecule has 1 aliphatic rings. The first-order chi connectivity index (χ1) is 16.7. The summed E-state index contributed by atoms with van der Waals surface area (Å²) >= 11 is 12.8. The molecule has 178 valence electrons. The van der Waals surface area contributed by atoms with Gasteiger partial charge < -0.3 is 15.2 Å². The molecule has 0 bridgehead atoms. The van der Waals surface area contributed by atoms with E-state index in [2.05, 4.69) is 5.32 Å². The molecule has 0 aromatic heterocycles. The number of methoxy groups -OCH3 is 1. The highest BCUT2D eigenvalue weighted by Crippen LogP contribution is 2.34. The van der Waals surface area contributed by atoms with Crippen molar-refractivity contribution < 1.29 is 24.2 Å². The van der Waals surface area contributed by atoms with Crippen molar-refractivity contribution in [1.82, 2.24) is 4.90 Å². The van der Waals surface area contributed by atoms with Gasteiger partial charge in [0.15, 0.2) is 0 Å². The van der Waals surface area contributed by atoms with Crippen molar-refractivity contribution in [3.8, 4) is 11.5 Å². The van der Waals surface area contributed by atoms with E-state index in [1.165, 1.54) is 25.3 Å². The molecule has 3 aromatic carbocycles. The Bertz CT molecular complexity index is 1380. The summed E-state index contributed by atoms with van der Waals surface area (Å²) in [5.41, 5.74) is 1.63. The first kappa shape index (κ1) is 24.7. The van der Waals surface area contributed by atoms with Crippen LogP contribution in [0.3, 0.4) is 0 Å². The summed E-state index contributed by atoms with van der Waals surface area (Å²) in [5, 5.41) is 13.2. The van der Waals surface area contributed by atoms with Crippen LogP contribution in [0.25, 0.3) is 6.08 Å². The van der Waals surface area contributed by atoms with Crippen molar-refractivity contribution in [2.24, 2.45) is 0 Å². The number of benzene rings is 3. The van der Waals surface area contributed by atoms with Crippen molar-refractivity contribution in [2.75, 3.05) is 12.4 Å². The van der Waals surface area contributed by atoms with Gasteiger partial charge in [-0.05, 0) is 65.4 Å². The van der Waals surface area contributed by atoms with E-state index in [0.29, 0.717) is 32.6 Å². The van der Waals surface area contributed by atoms with Crippen LogP contribution in [0.2, 0.25) is 10.0 Å². The number of phenols is 1. The number of amides is 3. The number of carbonyl (C=O) groups excluding carboxylic acids is 3. The van der Waals surface area contributed by atoms with E-state index in [4.69, 9.17) is 27.9 Å². The predicted molar refractivity (Wildman–Crippen MR) is 137 cm³/mol. The lowest BCUT2D eigenvalue weighted by Crippen LogP contribution is -2.27. The fourth-order valence-corrected chi connectivity index (χ4v) is 4.49. The molecule has 7 nitrogen and oxygen atoms in total. The van der Waals surface area contributed by atoms with E-state index in [1.54, 1.807) is 48.5 Å². The molecule has 2 N–H and O–H groups in total. The number of hydrogen-bond donors (Lipinski definition) is 2. The summed E-state index contributed by atoms with van der Waals surface area (Å²) in [6.07, 6.45) is 1.50. The van der Waals surface area contributed by atoms with Crippen LogP contribution in [0.15, 0.2) is 65.6 Å². The summed E-state index contributed by atoms with van der Waals surface area (Å²) in [6.45, 7) is 0.0443. The summed E-state index contributed by atoms with van der Waals surface area (Å²) in [4.78, 5) is 39.4. The SMILES string of the molecule is COc1cccc(NC(=O)c2cc(C=C3SC(=O)N(Cc4ccc(Cl)c(Cl)c4)C3=O)ccc2O)c1. The second kappa shape index (κ2) is 10.4. The van der Waals surface area contributed by atoms with Gasteiger partial charge in [0.1, 0.15) is 11.5 Å². The number of carbonyl (C=O) groups is 3. The van der Waals surface area contributed by atoms with Gasteiger partial charge in [-0.25, -0.2) is 0 Å². The first-order valence-electron chi connectivity index (χ1n) is 10.2. The van der Waals surface area contributed by atoms with Crippen LogP contribution < -0.4 is 10.1 Å². The molecule has 1 saturated heterocycles. The fourth-order valence-electron chi connectivity index (χ4n) is 3.33. The number of thioether (sulfide) groups is 1. The summed E-state index contributed by atoms with van der Waals surface area (Å²) in [7, 11) is 1.52. The van der Waals surface area contributed by atoms with E-state index >= 15 is 0 Å². The lowest BCUT2D eigenvalue weighted by atomic mass is 10.1. The standard InChI is InChI=1S/C25H18Cl2N2O5S/c1-34-17-4-2-3-16(12-17)28-23(31)18-9-14(6-8-21(18)30)11-22-24(32)29(25(33)35-22)13-15-5-7-19(26)20(27)10-15/h2-12,30H,13H2,1H3,(H,28,31). The number of halogens is 2. The smallest absolute Gasteiger partial charge is 0.293 e. The number of nitrogens with zero attached hydrogens (tertiary/aromatic N) is 1. The third-order valence-electron chi connectivity index (χ3n) is 5.09. The van der Waals surface area contributed by atoms with Gasteiger partial charge in [-0.3, -0.25) is 19.3 Å². The minimum atomic E-state index is -0.543. The van der Waals surface area contributed by atoms with Gasteiger partial charge in [0.2, 0.25) is 0 Å². The van der Waals surface area contributed by atoms with Gasteiger partial charge >= 0.3 is 0 Å². The van der Waals surface area contributed by atoms with Crippen LogP contribution in [-0.2, 0) is 11.3 Å². The summed E-state index contributed by atoms with van der Waals surface area (Å²) in [5.74, 6) is -0.673. The molecule has 0 unspecified atom stereocenters. The van der Waals surface area contributed by atoms with Gasteiger partial charge in [0, 0.05) is 11.8 Å². The number of anilines is 1. The second-order valence-electron chi connectivity index (χ2n) is 7.48. The zero-order chi connectivity index (χ0) is 25.1. The number of rotatable bonds is 6. The molecule has 1 aliphatic heterocycles. The van der Waals surface area contributed by atoms with E-state index in [9.17, 15) is 19.5 Å². The average Bonchev–Trinajstić information content (AvgIpc) is 3.09. The van der Waals surface area contributed by atoms with Crippen LogP contribution in [-0.4, -0.2) is 34.2 Å². The Morgan fingerprint density at radius 3 is 2.63 bits per heavy atom. The van der Waals surface area contributed by atoms with Crippen LogP contribution in [0.5, 0.6) is 11.5 Å².